The molecule has 1 aliphatic rings. The lowest BCUT2D eigenvalue weighted by atomic mass is 9.91. The number of aryl methyl sites for hydroxylation is 1. The summed E-state index contributed by atoms with van der Waals surface area (Å²) in [5.74, 6) is -0.401. The molecule has 0 fully saturated rings. The van der Waals surface area contributed by atoms with Crippen LogP contribution in [0.4, 0.5) is 26.3 Å². The first-order valence-electron chi connectivity index (χ1n) is 9.29. The van der Waals surface area contributed by atoms with E-state index >= 15 is 0 Å². The van der Waals surface area contributed by atoms with Crippen molar-refractivity contribution in [2.45, 2.75) is 37.7 Å². The number of ether oxygens (including phenoxy) is 2. The number of halogens is 6. The van der Waals surface area contributed by atoms with Crippen LogP contribution in [0.5, 0.6) is 11.5 Å². The number of nitrogens with zero attached hydrogens (tertiary/aromatic N) is 1. The third kappa shape index (κ3) is 6.50. The molecule has 1 aliphatic carbocycles. The van der Waals surface area contributed by atoms with Crippen LogP contribution >= 0.6 is 0 Å². The van der Waals surface area contributed by atoms with Crippen LogP contribution in [0.2, 0.25) is 0 Å². The van der Waals surface area contributed by atoms with Gasteiger partial charge in [-0.25, -0.2) is 0 Å². The third-order valence-corrected chi connectivity index (χ3v) is 4.53. The number of pyridine rings is 1. The second-order valence-electron chi connectivity index (χ2n) is 6.94. The van der Waals surface area contributed by atoms with Gasteiger partial charge in [-0.15, -0.1) is 0 Å². The zero-order valence-electron chi connectivity index (χ0n) is 16.0. The SMILES string of the molecule is O=C(COc1ccc(C(F)(F)F)cc1)NC1CCCc2cc(OCC(F)(F)F)cnc21. The van der Waals surface area contributed by atoms with Crippen molar-refractivity contribution in [3.63, 3.8) is 0 Å². The quantitative estimate of drug-likeness (QED) is 0.656. The van der Waals surface area contributed by atoms with E-state index in [9.17, 15) is 31.1 Å². The van der Waals surface area contributed by atoms with E-state index in [1.165, 1.54) is 12.3 Å². The van der Waals surface area contributed by atoms with Gasteiger partial charge in [0.15, 0.2) is 13.2 Å². The summed E-state index contributed by atoms with van der Waals surface area (Å²) in [4.78, 5) is 16.4. The normalized spacial score (nSPS) is 16.4. The van der Waals surface area contributed by atoms with Gasteiger partial charge in [0.1, 0.15) is 11.5 Å². The van der Waals surface area contributed by atoms with Crippen molar-refractivity contribution in [2.75, 3.05) is 13.2 Å². The molecule has 0 aliphatic heterocycles. The van der Waals surface area contributed by atoms with Crippen molar-refractivity contribution in [3.05, 3.63) is 53.3 Å². The molecule has 0 spiro atoms. The molecule has 31 heavy (non-hydrogen) atoms. The largest absolute Gasteiger partial charge is 0.484 e. The fourth-order valence-corrected chi connectivity index (χ4v) is 3.16. The van der Waals surface area contributed by atoms with Gasteiger partial charge >= 0.3 is 12.4 Å². The lowest BCUT2D eigenvalue weighted by molar-refractivity contribution is -0.153. The van der Waals surface area contributed by atoms with E-state index in [2.05, 4.69) is 10.3 Å². The average molecular weight is 448 g/mol. The fourth-order valence-electron chi connectivity index (χ4n) is 3.16. The van der Waals surface area contributed by atoms with Gasteiger partial charge in [-0.05, 0) is 55.2 Å². The minimum Gasteiger partial charge on any atom is -0.484 e. The second kappa shape index (κ2) is 9.03. The van der Waals surface area contributed by atoms with Crippen LogP contribution in [0.15, 0.2) is 36.5 Å². The van der Waals surface area contributed by atoms with Crippen molar-refractivity contribution in [1.82, 2.24) is 10.3 Å². The first kappa shape index (κ1) is 22.7. The average Bonchev–Trinajstić information content (AvgIpc) is 2.70. The smallest absolute Gasteiger partial charge is 0.422 e. The van der Waals surface area contributed by atoms with Crippen molar-refractivity contribution >= 4 is 5.91 Å². The highest BCUT2D eigenvalue weighted by Gasteiger charge is 2.30. The number of carbonyl (C=O) groups excluding carboxylic acids is 1. The molecule has 0 bridgehead atoms. The Bertz CT molecular complexity index is 913. The van der Waals surface area contributed by atoms with E-state index in [1.54, 1.807) is 0 Å². The molecule has 1 heterocycles. The van der Waals surface area contributed by atoms with Crippen molar-refractivity contribution < 1.29 is 40.6 Å². The Balaban J connectivity index is 1.56. The lowest BCUT2D eigenvalue weighted by Crippen LogP contribution is -2.35. The standard InChI is InChI=1S/C20H18F6N2O3/c21-19(22,23)11-31-15-8-12-2-1-3-16(18(12)27-9-15)28-17(29)10-30-14-6-4-13(5-7-14)20(24,25)26/h4-9,16H,1-3,10-11H2,(H,28,29). The summed E-state index contributed by atoms with van der Waals surface area (Å²) < 4.78 is 84.5. The maximum atomic E-state index is 12.6. The van der Waals surface area contributed by atoms with Gasteiger partial charge in [0.05, 0.1) is 23.5 Å². The number of hydrogen-bond donors (Lipinski definition) is 1. The predicted molar refractivity (Wildman–Crippen MR) is 96.5 cm³/mol. The molecule has 1 aromatic heterocycles. The van der Waals surface area contributed by atoms with Crippen molar-refractivity contribution in [1.29, 1.82) is 0 Å². The van der Waals surface area contributed by atoms with Crippen molar-refractivity contribution in [3.8, 4) is 11.5 Å². The first-order chi connectivity index (χ1) is 14.5. The number of nitrogens with one attached hydrogen (secondary N) is 1. The monoisotopic (exact) mass is 448 g/mol. The van der Waals surface area contributed by atoms with Crippen LogP contribution in [-0.2, 0) is 17.4 Å². The Kier molecular flexibility index (Phi) is 6.61. The molecule has 0 saturated heterocycles. The number of carbonyl (C=O) groups is 1. The summed E-state index contributed by atoms with van der Waals surface area (Å²) in [6.45, 7) is -1.83. The molecule has 0 radical (unpaired) electrons. The highest BCUT2D eigenvalue weighted by atomic mass is 19.4. The highest BCUT2D eigenvalue weighted by molar-refractivity contribution is 5.78. The summed E-state index contributed by atoms with van der Waals surface area (Å²) in [5.41, 5.74) is 0.390. The molecule has 1 aromatic carbocycles. The maximum Gasteiger partial charge on any atom is 0.422 e. The molecule has 1 N–H and O–H groups in total. The van der Waals surface area contributed by atoms with E-state index < -0.39 is 43.1 Å². The van der Waals surface area contributed by atoms with Crippen LogP contribution in [-0.4, -0.2) is 30.3 Å². The Labute approximate surface area is 173 Å². The zero-order valence-corrected chi connectivity index (χ0v) is 16.0. The van der Waals surface area contributed by atoms with Crippen LogP contribution in [0, 0.1) is 0 Å². The molecule has 0 saturated carbocycles. The number of rotatable bonds is 6. The van der Waals surface area contributed by atoms with Crippen LogP contribution < -0.4 is 14.8 Å². The second-order valence-corrected chi connectivity index (χ2v) is 6.94. The van der Waals surface area contributed by atoms with Gasteiger partial charge in [0.2, 0.25) is 0 Å². The Morgan fingerprint density at radius 1 is 1.06 bits per heavy atom. The van der Waals surface area contributed by atoms with Gasteiger partial charge in [-0.2, -0.15) is 26.3 Å². The Morgan fingerprint density at radius 3 is 2.42 bits per heavy atom. The lowest BCUT2D eigenvalue weighted by Gasteiger charge is -2.25. The molecule has 168 valence electrons. The van der Waals surface area contributed by atoms with Gasteiger partial charge in [0, 0.05) is 0 Å². The van der Waals surface area contributed by atoms with Gasteiger partial charge in [-0.3, -0.25) is 9.78 Å². The highest BCUT2D eigenvalue weighted by Crippen LogP contribution is 2.32. The Morgan fingerprint density at radius 2 is 1.77 bits per heavy atom. The molecule has 11 heteroatoms. The summed E-state index contributed by atoms with van der Waals surface area (Å²) in [6.07, 6.45) is -5.90. The molecule has 1 amide bonds. The van der Waals surface area contributed by atoms with E-state index in [1.807, 2.05) is 0 Å². The molecule has 1 atom stereocenters. The zero-order chi connectivity index (χ0) is 22.6. The Hall–Kier alpha value is -2.98. The number of fused-ring (bicyclic) bond motifs is 1. The summed E-state index contributed by atoms with van der Waals surface area (Å²) in [6, 6.07) is 4.97. The minimum atomic E-state index is -4.46. The predicted octanol–water partition coefficient (Wildman–Crippen LogP) is 4.61. The van der Waals surface area contributed by atoms with E-state index in [-0.39, 0.29) is 11.5 Å². The molecule has 2 aromatic rings. The van der Waals surface area contributed by atoms with Crippen LogP contribution in [0.25, 0.3) is 0 Å². The molecular weight excluding hydrogens is 430 g/mol. The molecule has 1 unspecified atom stereocenters. The number of amides is 1. The van der Waals surface area contributed by atoms with Gasteiger partial charge < -0.3 is 14.8 Å². The number of hydrogen-bond acceptors (Lipinski definition) is 4. The topological polar surface area (TPSA) is 60.5 Å². The summed E-state index contributed by atoms with van der Waals surface area (Å²) in [5, 5.41) is 2.73. The van der Waals surface area contributed by atoms with Gasteiger partial charge in [0.25, 0.3) is 5.91 Å². The third-order valence-electron chi connectivity index (χ3n) is 4.53. The first-order valence-corrected chi connectivity index (χ1v) is 9.29. The van der Waals surface area contributed by atoms with Crippen LogP contribution in [0.3, 0.4) is 0 Å². The number of benzene rings is 1. The number of aromatic nitrogens is 1. The fraction of sp³-hybridized carbons (Fsp3) is 0.400. The van der Waals surface area contributed by atoms with E-state index in [0.29, 0.717) is 30.5 Å². The maximum absolute atomic E-state index is 12.6. The molecule has 3 rings (SSSR count). The van der Waals surface area contributed by atoms with E-state index in [4.69, 9.17) is 9.47 Å². The summed E-state index contributed by atoms with van der Waals surface area (Å²) in [7, 11) is 0. The molecule has 5 nitrogen and oxygen atoms in total. The molecular formula is C20H18F6N2O3. The number of alkyl halides is 6. The van der Waals surface area contributed by atoms with Crippen molar-refractivity contribution in [2.24, 2.45) is 0 Å². The van der Waals surface area contributed by atoms with Gasteiger partial charge in [-0.1, -0.05) is 0 Å². The van der Waals surface area contributed by atoms with Crippen LogP contribution in [0.1, 0.15) is 35.7 Å². The minimum absolute atomic E-state index is 0.00584. The summed E-state index contributed by atoms with van der Waals surface area (Å²) >= 11 is 0. The van der Waals surface area contributed by atoms with E-state index in [0.717, 1.165) is 24.3 Å².